The number of hydrogen-bond donors (Lipinski definition) is 1. The smallest absolute Gasteiger partial charge is 0.147 e. The van der Waals surface area contributed by atoms with Crippen molar-refractivity contribution in [2.75, 3.05) is 37.6 Å². The van der Waals surface area contributed by atoms with Crippen molar-refractivity contribution in [3.8, 4) is 17.6 Å². The third-order valence-electron chi connectivity index (χ3n) is 8.43. The van der Waals surface area contributed by atoms with Crippen LogP contribution in [-0.4, -0.2) is 47.6 Å². The fourth-order valence-electron chi connectivity index (χ4n) is 5.99. The van der Waals surface area contributed by atoms with Gasteiger partial charge in [-0.15, -0.1) is 0 Å². The number of nitriles is 1. The van der Waals surface area contributed by atoms with Crippen molar-refractivity contribution in [2.45, 2.75) is 40.0 Å². The zero-order valence-corrected chi connectivity index (χ0v) is 23.7. The number of hydrogen-bond acceptors (Lipinski definition) is 5. The van der Waals surface area contributed by atoms with Gasteiger partial charge in [0.05, 0.1) is 11.8 Å². The largest absolute Gasteiger partial charge is 0.454 e. The summed E-state index contributed by atoms with van der Waals surface area (Å²) in [5, 5.41) is 10.7. The normalized spacial score (nSPS) is 17.7. The average Bonchev–Trinajstić information content (AvgIpc) is 3.43. The molecule has 0 spiro atoms. The fraction of sp³-hybridized carbons (Fsp3) is 0.353. The molecule has 0 amide bonds. The molecule has 1 saturated heterocycles. The molecule has 40 heavy (non-hydrogen) atoms. The van der Waals surface area contributed by atoms with Gasteiger partial charge in [-0.2, -0.15) is 5.26 Å². The number of H-pyrrole nitrogens is 1. The van der Waals surface area contributed by atoms with E-state index in [1.54, 1.807) is 17.3 Å². The van der Waals surface area contributed by atoms with Crippen molar-refractivity contribution in [3.05, 3.63) is 89.3 Å². The van der Waals surface area contributed by atoms with Crippen LogP contribution >= 0.6 is 0 Å². The number of fused-ring (bicyclic) bond motifs is 1. The van der Waals surface area contributed by atoms with Crippen LogP contribution in [0.1, 0.15) is 49.8 Å². The molecule has 1 aliphatic heterocycles. The van der Waals surface area contributed by atoms with Gasteiger partial charge in [0.2, 0.25) is 0 Å². The molecule has 204 valence electrons. The first-order valence-corrected chi connectivity index (χ1v) is 14.3. The summed E-state index contributed by atoms with van der Waals surface area (Å²) in [6.07, 6.45) is 7.12. The van der Waals surface area contributed by atoms with Crippen molar-refractivity contribution in [3.63, 3.8) is 0 Å². The number of rotatable bonds is 6. The summed E-state index contributed by atoms with van der Waals surface area (Å²) in [4.78, 5) is 12.5. The molecule has 1 fully saturated rings. The lowest BCUT2D eigenvalue weighted by Crippen LogP contribution is -2.47. The number of anilines is 1. The number of aromatic amines is 1. The van der Waals surface area contributed by atoms with Gasteiger partial charge < -0.3 is 14.6 Å². The van der Waals surface area contributed by atoms with E-state index in [2.05, 4.69) is 70.9 Å². The number of nitrogens with zero attached hydrogens (tertiary/aromatic N) is 4. The van der Waals surface area contributed by atoms with E-state index in [-0.39, 0.29) is 0 Å². The third-order valence-corrected chi connectivity index (χ3v) is 8.43. The van der Waals surface area contributed by atoms with Crippen LogP contribution in [0.25, 0.3) is 16.6 Å². The Hall–Kier alpha value is -4.08. The molecule has 1 N–H and O–H groups in total. The molecule has 3 heterocycles. The Morgan fingerprint density at radius 2 is 1.82 bits per heavy atom. The minimum absolute atomic E-state index is 0.348. The van der Waals surface area contributed by atoms with Crippen molar-refractivity contribution in [1.82, 2.24) is 14.9 Å². The summed E-state index contributed by atoms with van der Waals surface area (Å²) in [7, 11) is 0. The Labute approximate surface area is 236 Å². The molecule has 0 saturated carbocycles. The fourth-order valence-corrected chi connectivity index (χ4v) is 5.99. The SMILES string of the molecule is Cc1ccc(C2=C(CN3CCN(c4ccc(C#N)c(Oc5cnc6[nH]ccc6c5)c4)CC3)CCC(C)(C)C2)cc1. The molecule has 2 aromatic carbocycles. The number of piperazine rings is 1. The van der Waals surface area contributed by atoms with E-state index in [9.17, 15) is 5.26 Å². The lowest BCUT2D eigenvalue weighted by atomic mass is 9.72. The van der Waals surface area contributed by atoms with Gasteiger partial charge in [-0.05, 0) is 67.0 Å². The number of pyridine rings is 1. The molecule has 6 heteroatoms. The van der Waals surface area contributed by atoms with E-state index in [1.165, 1.54) is 24.0 Å². The number of benzene rings is 2. The Morgan fingerprint density at radius 1 is 1.02 bits per heavy atom. The van der Waals surface area contributed by atoms with E-state index in [0.29, 0.717) is 22.5 Å². The number of aromatic nitrogens is 2. The zero-order chi connectivity index (χ0) is 27.7. The van der Waals surface area contributed by atoms with Crippen LogP contribution in [0.15, 0.2) is 72.6 Å². The minimum atomic E-state index is 0.348. The standard InChI is InChI=1S/C34H37N5O/c1-24-4-6-25(7-5-24)31-20-34(2,3)12-10-28(31)23-38-14-16-39(17-15-38)29-9-8-27(21-35)32(19-29)40-30-18-26-11-13-36-33(26)37-22-30/h4-9,11,13,18-19,22H,10,12,14-17,20,23H2,1-3H3,(H,36,37). The molecule has 2 aliphatic rings. The van der Waals surface area contributed by atoms with Crippen LogP contribution in [0.5, 0.6) is 11.5 Å². The second kappa shape index (κ2) is 10.8. The second-order valence-electron chi connectivity index (χ2n) is 12.0. The van der Waals surface area contributed by atoms with Gasteiger partial charge in [0.25, 0.3) is 0 Å². The van der Waals surface area contributed by atoms with E-state index in [0.717, 1.165) is 55.9 Å². The van der Waals surface area contributed by atoms with Gasteiger partial charge in [-0.1, -0.05) is 49.2 Å². The van der Waals surface area contributed by atoms with Gasteiger partial charge in [0, 0.05) is 56.1 Å². The maximum Gasteiger partial charge on any atom is 0.147 e. The van der Waals surface area contributed by atoms with Crippen LogP contribution < -0.4 is 9.64 Å². The molecule has 6 rings (SSSR count). The molecule has 0 unspecified atom stereocenters. The van der Waals surface area contributed by atoms with Crippen LogP contribution in [0.2, 0.25) is 0 Å². The highest BCUT2D eigenvalue weighted by Crippen LogP contribution is 2.43. The average molecular weight is 532 g/mol. The summed E-state index contributed by atoms with van der Waals surface area (Å²) in [5.74, 6) is 1.19. The van der Waals surface area contributed by atoms with Gasteiger partial charge in [-0.25, -0.2) is 4.98 Å². The van der Waals surface area contributed by atoms with Crippen LogP contribution in [-0.2, 0) is 0 Å². The van der Waals surface area contributed by atoms with Gasteiger partial charge in [0.1, 0.15) is 23.2 Å². The second-order valence-corrected chi connectivity index (χ2v) is 12.0. The Kier molecular flexibility index (Phi) is 7.08. The number of allylic oxidation sites excluding steroid dienone is 1. The first-order chi connectivity index (χ1) is 19.4. The maximum absolute atomic E-state index is 9.70. The Morgan fingerprint density at radius 3 is 2.60 bits per heavy atom. The topological polar surface area (TPSA) is 68.2 Å². The summed E-state index contributed by atoms with van der Waals surface area (Å²) >= 11 is 0. The number of aryl methyl sites for hydroxylation is 1. The first-order valence-electron chi connectivity index (χ1n) is 14.3. The third kappa shape index (κ3) is 5.61. The van der Waals surface area contributed by atoms with Gasteiger partial charge in [0.15, 0.2) is 0 Å². The van der Waals surface area contributed by atoms with Crippen LogP contribution in [0, 0.1) is 23.7 Å². The van der Waals surface area contributed by atoms with Crippen molar-refractivity contribution >= 4 is 22.3 Å². The summed E-state index contributed by atoms with van der Waals surface area (Å²) in [6.45, 7) is 11.9. The Bertz CT molecular complexity index is 1580. The number of nitrogens with one attached hydrogen (secondary N) is 1. The van der Waals surface area contributed by atoms with E-state index < -0.39 is 0 Å². The highest BCUT2D eigenvalue weighted by molar-refractivity contribution is 5.76. The van der Waals surface area contributed by atoms with Crippen molar-refractivity contribution in [1.29, 1.82) is 5.26 Å². The highest BCUT2D eigenvalue weighted by atomic mass is 16.5. The lowest BCUT2D eigenvalue weighted by molar-refractivity contribution is 0.264. The summed E-state index contributed by atoms with van der Waals surface area (Å²) in [5.41, 5.74) is 8.64. The van der Waals surface area contributed by atoms with Crippen LogP contribution in [0.4, 0.5) is 5.69 Å². The minimum Gasteiger partial charge on any atom is -0.454 e. The van der Waals surface area contributed by atoms with Crippen molar-refractivity contribution < 1.29 is 4.74 Å². The summed E-state index contributed by atoms with van der Waals surface area (Å²) in [6, 6.07) is 21.2. The molecule has 1 aliphatic carbocycles. The molecule has 6 nitrogen and oxygen atoms in total. The van der Waals surface area contributed by atoms with Gasteiger partial charge >= 0.3 is 0 Å². The molecule has 0 atom stereocenters. The lowest BCUT2D eigenvalue weighted by Gasteiger charge is -2.39. The highest BCUT2D eigenvalue weighted by Gasteiger charge is 2.29. The number of ether oxygens (including phenoxy) is 1. The van der Waals surface area contributed by atoms with E-state index in [4.69, 9.17) is 4.74 Å². The zero-order valence-electron chi connectivity index (χ0n) is 23.7. The van der Waals surface area contributed by atoms with E-state index in [1.807, 2.05) is 36.5 Å². The van der Waals surface area contributed by atoms with E-state index >= 15 is 0 Å². The molecule has 2 aromatic heterocycles. The predicted octanol–water partition coefficient (Wildman–Crippen LogP) is 7.32. The monoisotopic (exact) mass is 531 g/mol. The summed E-state index contributed by atoms with van der Waals surface area (Å²) < 4.78 is 6.17. The molecule has 4 aromatic rings. The van der Waals surface area contributed by atoms with Crippen LogP contribution in [0.3, 0.4) is 0 Å². The van der Waals surface area contributed by atoms with Gasteiger partial charge in [-0.3, -0.25) is 4.90 Å². The molecule has 0 bridgehead atoms. The predicted molar refractivity (Wildman–Crippen MR) is 162 cm³/mol. The molecular weight excluding hydrogens is 494 g/mol. The molecular formula is C34H37N5O. The quantitative estimate of drug-likeness (QED) is 0.282. The molecule has 0 radical (unpaired) electrons. The first kappa shape index (κ1) is 26.2. The van der Waals surface area contributed by atoms with Crippen molar-refractivity contribution in [2.24, 2.45) is 5.41 Å². The maximum atomic E-state index is 9.70. The Balaban J connectivity index is 1.15.